The van der Waals surface area contributed by atoms with E-state index in [4.69, 9.17) is 10.7 Å². The lowest BCUT2D eigenvalue weighted by atomic mass is 10.2. The predicted molar refractivity (Wildman–Crippen MR) is 69.5 cm³/mol. The molecule has 1 aromatic carbocycles. The first kappa shape index (κ1) is 15.9. The molecule has 0 aliphatic rings. The van der Waals surface area contributed by atoms with Crippen molar-refractivity contribution < 1.29 is 21.8 Å². The van der Waals surface area contributed by atoms with Gasteiger partial charge < -0.3 is 0 Å². The molecule has 0 N–H and O–H groups in total. The van der Waals surface area contributed by atoms with E-state index in [1.54, 1.807) is 6.92 Å². The molecule has 7 nitrogen and oxygen atoms in total. The molecule has 1 rings (SSSR count). The van der Waals surface area contributed by atoms with Gasteiger partial charge in [0.05, 0.1) is 16.4 Å². The van der Waals surface area contributed by atoms with Crippen molar-refractivity contribution in [2.24, 2.45) is 0 Å². The predicted octanol–water partition coefficient (Wildman–Crippen LogP) is 1.25. The first-order chi connectivity index (χ1) is 8.53. The molecule has 19 heavy (non-hydrogen) atoms. The van der Waals surface area contributed by atoms with Crippen molar-refractivity contribution in [3.63, 3.8) is 0 Å². The van der Waals surface area contributed by atoms with Crippen molar-refractivity contribution in [3.8, 4) is 0 Å². The van der Waals surface area contributed by atoms with E-state index < -0.39 is 45.9 Å². The van der Waals surface area contributed by atoms with E-state index in [9.17, 15) is 26.9 Å². The van der Waals surface area contributed by atoms with Crippen LogP contribution in [0.15, 0.2) is 23.1 Å². The summed E-state index contributed by atoms with van der Waals surface area (Å²) < 4.78 is 45.4. The third-order valence-corrected chi connectivity index (χ3v) is 5.39. The Morgan fingerprint density at radius 2 is 1.79 bits per heavy atom. The lowest BCUT2D eigenvalue weighted by molar-refractivity contribution is -0.387. The number of nitrogens with zero attached hydrogens (tertiary/aromatic N) is 1. The molecular formula is C9H10ClNO6S2. The number of nitro benzene ring substituents is 1. The average Bonchev–Trinajstić information content (AvgIpc) is 2.25. The Bertz CT molecular complexity index is 710. The molecule has 0 saturated carbocycles. The molecule has 0 atom stereocenters. The summed E-state index contributed by atoms with van der Waals surface area (Å²) in [7, 11) is -3.15. The normalized spacial score (nSPS) is 12.3. The minimum Gasteiger partial charge on any atom is -0.258 e. The van der Waals surface area contributed by atoms with E-state index in [-0.39, 0.29) is 0 Å². The fourth-order valence-corrected chi connectivity index (χ4v) is 4.63. The minimum absolute atomic E-state index is 0.502. The Hall–Kier alpha value is -1.19. The molecule has 0 aromatic heterocycles. The second-order valence-corrected chi connectivity index (χ2v) is 8.76. The van der Waals surface area contributed by atoms with Gasteiger partial charge in [0.25, 0.3) is 5.69 Å². The number of rotatable bonds is 5. The van der Waals surface area contributed by atoms with Crippen molar-refractivity contribution in [2.75, 3.05) is 11.5 Å². The molecule has 0 radical (unpaired) electrons. The van der Waals surface area contributed by atoms with E-state index in [0.29, 0.717) is 5.56 Å². The maximum absolute atomic E-state index is 11.9. The Labute approximate surface area is 114 Å². The fraction of sp³-hybridized carbons (Fsp3) is 0.333. The van der Waals surface area contributed by atoms with Crippen LogP contribution in [0.2, 0.25) is 0 Å². The highest BCUT2D eigenvalue weighted by molar-refractivity contribution is 8.14. The quantitative estimate of drug-likeness (QED) is 0.457. The van der Waals surface area contributed by atoms with Crippen LogP contribution >= 0.6 is 10.7 Å². The SMILES string of the molecule is Cc1ccc([N+](=O)[O-])c(S(=O)(=O)CCS(=O)(=O)Cl)c1. The lowest BCUT2D eigenvalue weighted by Gasteiger charge is -2.05. The Kier molecular flexibility index (Phi) is 4.54. The van der Waals surface area contributed by atoms with Gasteiger partial charge in [-0.2, -0.15) is 0 Å². The molecule has 106 valence electrons. The molecular weight excluding hydrogens is 318 g/mol. The van der Waals surface area contributed by atoms with Crippen molar-refractivity contribution in [1.82, 2.24) is 0 Å². The van der Waals surface area contributed by atoms with Crippen LogP contribution in [0, 0.1) is 17.0 Å². The van der Waals surface area contributed by atoms with Crippen molar-refractivity contribution in [3.05, 3.63) is 33.9 Å². The summed E-state index contributed by atoms with van der Waals surface area (Å²) in [4.78, 5) is 9.44. The highest BCUT2D eigenvalue weighted by Crippen LogP contribution is 2.26. The number of hydrogen-bond acceptors (Lipinski definition) is 6. The molecule has 0 spiro atoms. The first-order valence-electron chi connectivity index (χ1n) is 4.93. The molecule has 1 aromatic rings. The minimum atomic E-state index is -4.10. The highest BCUT2D eigenvalue weighted by Gasteiger charge is 2.27. The van der Waals surface area contributed by atoms with E-state index in [1.165, 1.54) is 6.07 Å². The number of hydrogen-bond donors (Lipinski definition) is 0. The maximum atomic E-state index is 11.9. The Morgan fingerprint density at radius 3 is 2.26 bits per heavy atom. The molecule has 0 fully saturated rings. The molecule has 0 aliphatic carbocycles. The highest BCUT2D eigenvalue weighted by atomic mass is 35.7. The summed E-state index contributed by atoms with van der Waals surface area (Å²) in [5.74, 6) is -1.61. The lowest BCUT2D eigenvalue weighted by Crippen LogP contribution is -2.15. The molecule has 0 bridgehead atoms. The third kappa shape index (κ3) is 4.44. The summed E-state index contributed by atoms with van der Waals surface area (Å²) in [5, 5.41) is 10.8. The second-order valence-electron chi connectivity index (χ2n) is 3.79. The summed E-state index contributed by atoms with van der Waals surface area (Å²) >= 11 is 0. The van der Waals surface area contributed by atoms with Crippen LogP contribution in [-0.4, -0.2) is 33.3 Å². The average molecular weight is 328 g/mol. The van der Waals surface area contributed by atoms with Crippen molar-refractivity contribution in [1.29, 1.82) is 0 Å². The Balaban J connectivity index is 3.28. The summed E-state index contributed by atoms with van der Waals surface area (Å²) in [6.07, 6.45) is 0. The van der Waals surface area contributed by atoms with Gasteiger partial charge in [0.1, 0.15) is 4.90 Å². The van der Waals surface area contributed by atoms with Gasteiger partial charge in [0.15, 0.2) is 9.84 Å². The van der Waals surface area contributed by atoms with Gasteiger partial charge in [-0.25, -0.2) is 16.8 Å². The monoisotopic (exact) mass is 327 g/mol. The molecule has 0 unspecified atom stereocenters. The second kappa shape index (κ2) is 5.43. The fourth-order valence-electron chi connectivity index (χ4n) is 1.34. The third-order valence-electron chi connectivity index (χ3n) is 2.24. The van der Waals surface area contributed by atoms with Crippen LogP contribution in [0.4, 0.5) is 5.69 Å². The molecule has 10 heteroatoms. The van der Waals surface area contributed by atoms with Gasteiger partial charge in [-0.1, -0.05) is 6.07 Å². The molecule has 0 heterocycles. The smallest absolute Gasteiger partial charge is 0.258 e. The van der Waals surface area contributed by atoms with Gasteiger partial charge in [-0.3, -0.25) is 10.1 Å². The standard InChI is InChI=1S/C9H10ClNO6S2/c1-7-2-3-8(11(12)13)9(6-7)18(14,15)4-5-19(10,16)17/h2-3,6H,4-5H2,1H3. The number of nitro groups is 1. The zero-order valence-corrected chi connectivity index (χ0v) is 12.1. The number of benzene rings is 1. The van der Waals surface area contributed by atoms with Crippen molar-refractivity contribution >= 4 is 35.3 Å². The molecule has 0 saturated heterocycles. The summed E-state index contributed by atoms with van der Waals surface area (Å²) in [6, 6.07) is 3.60. The number of sulfone groups is 1. The van der Waals surface area contributed by atoms with E-state index in [0.717, 1.165) is 12.1 Å². The number of aryl methyl sites for hydroxylation is 1. The van der Waals surface area contributed by atoms with Crippen LogP contribution < -0.4 is 0 Å². The zero-order valence-electron chi connectivity index (χ0n) is 9.74. The first-order valence-corrected chi connectivity index (χ1v) is 9.06. The summed E-state index contributed by atoms with van der Waals surface area (Å²) in [6.45, 7) is 1.57. The van der Waals surface area contributed by atoms with Crippen LogP contribution in [0.3, 0.4) is 0 Å². The maximum Gasteiger partial charge on any atom is 0.287 e. The van der Waals surface area contributed by atoms with Crippen molar-refractivity contribution in [2.45, 2.75) is 11.8 Å². The van der Waals surface area contributed by atoms with Crippen LogP contribution in [0.25, 0.3) is 0 Å². The van der Waals surface area contributed by atoms with Crippen LogP contribution in [0.1, 0.15) is 5.56 Å². The zero-order chi connectivity index (χ0) is 14.8. The van der Waals surface area contributed by atoms with E-state index >= 15 is 0 Å². The van der Waals surface area contributed by atoms with Gasteiger partial charge in [-0.05, 0) is 18.6 Å². The van der Waals surface area contributed by atoms with Crippen LogP contribution in [-0.2, 0) is 18.9 Å². The van der Waals surface area contributed by atoms with Gasteiger partial charge in [-0.15, -0.1) is 0 Å². The van der Waals surface area contributed by atoms with Gasteiger partial charge in [0.2, 0.25) is 9.05 Å². The largest absolute Gasteiger partial charge is 0.287 e. The van der Waals surface area contributed by atoms with E-state index in [1.807, 2.05) is 0 Å². The van der Waals surface area contributed by atoms with Gasteiger partial charge in [0, 0.05) is 16.7 Å². The van der Waals surface area contributed by atoms with Crippen LogP contribution in [0.5, 0.6) is 0 Å². The van der Waals surface area contributed by atoms with E-state index in [2.05, 4.69) is 0 Å². The summed E-state index contributed by atoms with van der Waals surface area (Å²) in [5.41, 5.74) is -0.0736. The Morgan fingerprint density at radius 1 is 1.21 bits per heavy atom. The molecule has 0 amide bonds. The number of halogens is 1. The van der Waals surface area contributed by atoms with Gasteiger partial charge >= 0.3 is 0 Å². The molecule has 0 aliphatic heterocycles. The topological polar surface area (TPSA) is 111 Å².